The number of likely N-dealkylation sites (tertiary alicyclic amines) is 1. The van der Waals surface area contributed by atoms with Crippen LogP contribution in [0.5, 0.6) is 0 Å². The molecule has 2 fully saturated rings. The first-order valence-corrected chi connectivity index (χ1v) is 7.41. The van der Waals surface area contributed by atoms with Crippen molar-refractivity contribution in [1.29, 1.82) is 0 Å². The maximum absolute atomic E-state index is 5.83. The number of imidazole rings is 1. The third kappa shape index (κ3) is 2.99. The van der Waals surface area contributed by atoms with Crippen LogP contribution in [-0.4, -0.2) is 53.3 Å². The van der Waals surface area contributed by atoms with Gasteiger partial charge in [0.1, 0.15) is 6.10 Å². The van der Waals surface area contributed by atoms with Crippen molar-refractivity contribution in [3.05, 3.63) is 18.2 Å². The molecule has 0 spiro atoms. The summed E-state index contributed by atoms with van der Waals surface area (Å²) in [4.78, 5) is 6.89. The molecule has 1 aromatic heterocycles. The van der Waals surface area contributed by atoms with Crippen molar-refractivity contribution in [2.75, 3.05) is 32.8 Å². The van der Waals surface area contributed by atoms with Crippen LogP contribution in [-0.2, 0) is 11.3 Å². The van der Waals surface area contributed by atoms with E-state index in [0.717, 1.165) is 26.2 Å². The van der Waals surface area contributed by atoms with Gasteiger partial charge in [0.25, 0.3) is 0 Å². The minimum Gasteiger partial charge on any atom is -0.369 e. The molecule has 2 atom stereocenters. The Kier molecular flexibility index (Phi) is 4.15. The molecule has 0 aromatic carbocycles. The smallest absolute Gasteiger partial charge is 0.111 e. The SMILES string of the molecule is CC(Cn1cncc1C1CNCCO1)N1CCCC1. The zero-order valence-electron chi connectivity index (χ0n) is 11.7. The minimum atomic E-state index is 0.155. The highest BCUT2D eigenvalue weighted by atomic mass is 16.5. The number of rotatable bonds is 4. The molecular formula is C14H24N4O. The Bertz CT molecular complexity index is 394. The maximum atomic E-state index is 5.83. The van der Waals surface area contributed by atoms with Crippen molar-refractivity contribution in [2.45, 2.75) is 38.5 Å². The number of aromatic nitrogens is 2. The van der Waals surface area contributed by atoms with Gasteiger partial charge in [0.05, 0.1) is 24.8 Å². The maximum Gasteiger partial charge on any atom is 0.111 e. The average molecular weight is 264 g/mol. The van der Waals surface area contributed by atoms with E-state index < -0.39 is 0 Å². The van der Waals surface area contributed by atoms with Crippen molar-refractivity contribution >= 4 is 0 Å². The highest BCUT2D eigenvalue weighted by Gasteiger charge is 2.22. The first-order chi connectivity index (χ1) is 9.34. The van der Waals surface area contributed by atoms with Gasteiger partial charge in [-0.05, 0) is 32.9 Å². The Morgan fingerprint density at radius 1 is 1.47 bits per heavy atom. The van der Waals surface area contributed by atoms with Gasteiger partial charge in [-0.2, -0.15) is 0 Å². The largest absolute Gasteiger partial charge is 0.369 e. The van der Waals surface area contributed by atoms with E-state index in [0.29, 0.717) is 6.04 Å². The van der Waals surface area contributed by atoms with Crippen molar-refractivity contribution in [3.8, 4) is 0 Å². The molecule has 106 valence electrons. The first kappa shape index (κ1) is 13.1. The average Bonchev–Trinajstić information content (AvgIpc) is 3.11. The van der Waals surface area contributed by atoms with Gasteiger partial charge in [0.15, 0.2) is 0 Å². The van der Waals surface area contributed by atoms with E-state index in [1.807, 2.05) is 12.5 Å². The summed E-state index contributed by atoms with van der Waals surface area (Å²) in [5.74, 6) is 0. The summed E-state index contributed by atoms with van der Waals surface area (Å²) >= 11 is 0. The number of hydrogen-bond acceptors (Lipinski definition) is 4. The van der Waals surface area contributed by atoms with Gasteiger partial charge in [0.2, 0.25) is 0 Å². The van der Waals surface area contributed by atoms with E-state index in [2.05, 4.69) is 26.7 Å². The standard InChI is InChI=1S/C14H24N4O/c1-12(17-5-2-3-6-17)10-18-11-16-8-13(18)14-9-15-4-7-19-14/h8,11-12,14-15H,2-7,9-10H2,1H3. The normalized spacial score (nSPS) is 26.7. The Morgan fingerprint density at radius 3 is 3.05 bits per heavy atom. The number of morpholine rings is 1. The molecule has 2 saturated heterocycles. The molecule has 1 aromatic rings. The van der Waals surface area contributed by atoms with Gasteiger partial charge in [-0.15, -0.1) is 0 Å². The summed E-state index contributed by atoms with van der Waals surface area (Å²) in [6.45, 7) is 8.44. The summed E-state index contributed by atoms with van der Waals surface area (Å²) in [5.41, 5.74) is 1.21. The zero-order chi connectivity index (χ0) is 13.1. The summed E-state index contributed by atoms with van der Waals surface area (Å²) in [7, 11) is 0. The first-order valence-electron chi connectivity index (χ1n) is 7.41. The van der Waals surface area contributed by atoms with Crippen molar-refractivity contribution in [3.63, 3.8) is 0 Å². The highest BCUT2D eigenvalue weighted by molar-refractivity contribution is 5.05. The lowest BCUT2D eigenvalue weighted by atomic mass is 10.2. The second-order valence-electron chi connectivity index (χ2n) is 5.63. The van der Waals surface area contributed by atoms with Gasteiger partial charge in [-0.25, -0.2) is 4.98 Å². The number of hydrogen-bond donors (Lipinski definition) is 1. The zero-order valence-corrected chi connectivity index (χ0v) is 11.7. The Morgan fingerprint density at radius 2 is 2.32 bits per heavy atom. The highest BCUT2D eigenvalue weighted by Crippen LogP contribution is 2.20. The third-order valence-electron chi connectivity index (χ3n) is 4.23. The Balaban J connectivity index is 1.65. The second-order valence-corrected chi connectivity index (χ2v) is 5.63. The summed E-state index contributed by atoms with van der Waals surface area (Å²) in [6.07, 6.45) is 6.74. The van der Waals surface area contributed by atoms with Crippen LogP contribution in [0, 0.1) is 0 Å². The van der Waals surface area contributed by atoms with Gasteiger partial charge in [-0.1, -0.05) is 0 Å². The Hall–Kier alpha value is -0.910. The molecule has 5 heteroatoms. The van der Waals surface area contributed by atoms with E-state index in [1.54, 1.807) is 0 Å². The van der Waals surface area contributed by atoms with Crippen molar-refractivity contribution in [2.24, 2.45) is 0 Å². The second kappa shape index (κ2) is 6.03. The van der Waals surface area contributed by atoms with Gasteiger partial charge < -0.3 is 14.6 Å². The predicted octanol–water partition coefficient (Wildman–Crippen LogP) is 1.03. The molecule has 0 amide bonds. The summed E-state index contributed by atoms with van der Waals surface area (Å²) in [6, 6.07) is 0.576. The molecule has 2 aliphatic rings. The molecule has 0 saturated carbocycles. The van der Waals surface area contributed by atoms with E-state index in [9.17, 15) is 0 Å². The topological polar surface area (TPSA) is 42.3 Å². The molecule has 0 aliphatic carbocycles. The molecule has 2 aliphatic heterocycles. The van der Waals surface area contributed by atoms with Crippen LogP contribution in [0.15, 0.2) is 12.5 Å². The van der Waals surface area contributed by atoms with E-state index >= 15 is 0 Å². The van der Waals surface area contributed by atoms with Crippen LogP contribution in [0.3, 0.4) is 0 Å². The van der Waals surface area contributed by atoms with Crippen molar-refractivity contribution < 1.29 is 4.74 Å². The molecule has 19 heavy (non-hydrogen) atoms. The molecule has 3 heterocycles. The monoisotopic (exact) mass is 264 g/mol. The fourth-order valence-electron chi connectivity index (χ4n) is 3.09. The fourth-order valence-corrected chi connectivity index (χ4v) is 3.09. The number of nitrogens with zero attached hydrogens (tertiary/aromatic N) is 3. The lowest BCUT2D eigenvalue weighted by molar-refractivity contribution is 0.0221. The molecule has 0 radical (unpaired) electrons. The van der Waals surface area contributed by atoms with E-state index in [4.69, 9.17) is 4.74 Å². The van der Waals surface area contributed by atoms with Crippen LogP contribution >= 0.6 is 0 Å². The van der Waals surface area contributed by atoms with Crippen LogP contribution in [0.4, 0.5) is 0 Å². The fraction of sp³-hybridized carbons (Fsp3) is 0.786. The molecule has 5 nitrogen and oxygen atoms in total. The summed E-state index contributed by atoms with van der Waals surface area (Å²) < 4.78 is 8.10. The van der Waals surface area contributed by atoms with Crippen LogP contribution in [0.2, 0.25) is 0 Å². The van der Waals surface area contributed by atoms with Crippen LogP contribution < -0.4 is 5.32 Å². The summed E-state index contributed by atoms with van der Waals surface area (Å²) in [5, 5.41) is 3.38. The van der Waals surface area contributed by atoms with E-state index in [1.165, 1.54) is 31.6 Å². The molecule has 1 N–H and O–H groups in total. The predicted molar refractivity (Wildman–Crippen MR) is 74.1 cm³/mol. The molecule has 0 bridgehead atoms. The third-order valence-corrected chi connectivity index (χ3v) is 4.23. The minimum absolute atomic E-state index is 0.155. The molecule has 3 rings (SSSR count). The van der Waals surface area contributed by atoms with Crippen LogP contribution in [0.25, 0.3) is 0 Å². The van der Waals surface area contributed by atoms with Gasteiger partial charge in [-0.3, -0.25) is 4.90 Å². The molecular weight excluding hydrogens is 240 g/mol. The van der Waals surface area contributed by atoms with Crippen molar-refractivity contribution in [1.82, 2.24) is 19.8 Å². The lowest BCUT2D eigenvalue weighted by Crippen LogP contribution is -2.36. The Labute approximate surface area is 114 Å². The van der Waals surface area contributed by atoms with Gasteiger partial charge >= 0.3 is 0 Å². The van der Waals surface area contributed by atoms with Crippen LogP contribution in [0.1, 0.15) is 31.6 Å². The number of nitrogens with one attached hydrogen (secondary N) is 1. The number of ether oxygens (including phenoxy) is 1. The quantitative estimate of drug-likeness (QED) is 0.882. The van der Waals surface area contributed by atoms with E-state index in [-0.39, 0.29) is 6.10 Å². The van der Waals surface area contributed by atoms with Gasteiger partial charge in [0, 0.05) is 25.7 Å². The molecule has 2 unspecified atom stereocenters. The lowest BCUT2D eigenvalue weighted by Gasteiger charge is -2.28.